The summed E-state index contributed by atoms with van der Waals surface area (Å²) in [5, 5.41) is 9.12. The lowest BCUT2D eigenvalue weighted by atomic mass is 9.93. The lowest BCUT2D eigenvalue weighted by molar-refractivity contribution is 0.0931. The molecule has 30 heavy (non-hydrogen) atoms. The third-order valence-corrected chi connectivity index (χ3v) is 5.21. The molecule has 0 radical (unpaired) electrons. The number of nitrogens with zero attached hydrogens (tertiary/aromatic N) is 2. The van der Waals surface area contributed by atoms with E-state index in [4.69, 9.17) is 14.7 Å². The highest BCUT2D eigenvalue weighted by molar-refractivity contribution is 6.00. The van der Waals surface area contributed by atoms with Crippen LogP contribution in [0.3, 0.4) is 0 Å². The number of ketones is 1. The SMILES string of the molecule is CC(C)c1c(O[C@@H](c2ccncc2)c2ccc(C#N)cc2)ccc2c1OCCC2=O. The number of Topliss-reactive ketones (excluding diaryl/α,β-unsaturated/α-hetero) is 1. The van der Waals surface area contributed by atoms with Crippen molar-refractivity contribution in [2.45, 2.75) is 32.3 Å². The molecule has 0 saturated carbocycles. The molecule has 0 spiro atoms. The topological polar surface area (TPSA) is 72.2 Å². The first-order valence-electron chi connectivity index (χ1n) is 9.98. The third-order valence-electron chi connectivity index (χ3n) is 5.21. The van der Waals surface area contributed by atoms with Crippen LogP contribution in [0.15, 0.2) is 60.9 Å². The van der Waals surface area contributed by atoms with Gasteiger partial charge in [0.1, 0.15) is 17.6 Å². The number of carbonyl (C=O) groups is 1. The minimum atomic E-state index is -0.393. The van der Waals surface area contributed by atoms with Crippen LogP contribution in [0.5, 0.6) is 11.5 Å². The molecule has 0 aliphatic carbocycles. The fourth-order valence-corrected chi connectivity index (χ4v) is 3.71. The van der Waals surface area contributed by atoms with Gasteiger partial charge in [0.2, 0.25) is 0 Å². The van der Waals surface area contributed by atoms with Gasteiger partial charge in [-0.25, -0.2) is 0 Å². The van der Waals surface area contributed by atoms with Crippen molar-refractivity contribution in [1.29, 1.82) is 5.26 Å². The summed E-state index contributed by atoms with van der Waals surface area (Å²) in [5.74, 6) is 1.53. The van der Waals surface area contributed by atoms with Gasteiger partial charge < -0.3 is 9.47 Å². The van der Waals surface area contributed by atoms with Crippen molar-refractivity contribution in [2.24, 2.45) is 0 Å². The van der Waals surface area contributed by atoms with Gasteiger partial charge in [-0.1, -0.05) is 26.0 Å². The number of carbonyl (C=O) groups excluding carboxylic acids is 1. The molecule has 1 aliphatic heterocycles. The average molecular weight is 398 g/mol. The quantitative estimate of drug-likeness (QED) is 0.590. The second-order valence-electron chi connectivity index (χ2n) is 7.54. The highest BCUT2D eigenvalue weighted by atomic mass is 16.5. The van der Waals surface area contributed by atoms with E-state index in [0.717, 1.165) is 16.7 Å². The van der Waals surface area contributed by atoms with E-state index in [0.29, 0.717) is 35.7 Å². The van der Waals surface area contributed by atoms with Gasteiger partial charge in [-0.2, -0.15) is 5.26 Å². The van der Waals surface area contributed by atoms with Crippen molar-refractivity contribution in [1.82, 2.24) is 4.98 Å². The molecule has 0 N–H and O–H groups in total. The fraction of sp³-hybridized carbons (Fsp3) is 0.240. The lowest BCUT2D eigenvalue weighted by Crippen LogP contribution is -2.18. The number of aromatic nitrogens is 1. The Morgan fingerprint density at radius 1 is 1.03 bits per heavy atom. The maximum absolute atomic E-state index is 12.3. The Hall–Kier alpha value is -3.65. The van der Waals surface area contributed by atoms with Gasteiger partial charge in [-0.05, 0) is 53.4 Å². The number of rotatable bonds is 5. The van der Waals surface area contributed by atoms with Gasteiger partial charge in [0, 0.05) is 24.4 Å². The summed E-state index contributed by atoms with van der Waals surface area (Å²) in [4.78, 5) is 16.5. The zero-order chi connectivity index (χ0) is 21.1. The first-order valence-corrected chi connectivity index (χ1v) is 9.98. The minimum Gasteiger partial charge on any atom is -0.492 e. The smallest absolute Gasteiger partial charge is 0.170 e. The molecule has 3 aromatic rings. The highest BCUT2D eigenvalue weighted by Gasteiger charge is 2.27. The predicted octanol–water partition coefficient (Wildman–Crippen LogP) is 5.21. The van der Waals surface area contributed by atoms with Crippen LogP contribution in [-0.2, 0) is 0 Å². The molecular formula is C25H22N2O3. The third kappa shape index (κ3) is 3.77. The largest absolute Gasteiger partial charge is 0.492 e. The van der Waals surface area contributed by atoms with Crippen molar-refractivity contribution in [3.8, 4) is 17.6 Å². The summed E-state index contributed by atoms with van der Waals surface area (Å²) in [6.07, 6.45) is 3.46. The van der Waals surface area contributed by atoms with Gasteiger partial charge in [0.25, 0.3) is 0 Å². The zero-order valence-electron chi connectivity index (χ0n) is 17.0. The van der Waals surface area contributed by atoms with Crippen molar-refractivity contribution in [3.63, 3.8) is 0 Å². The number of pyridine rings is 1. The van der Waals surface area contributed by atoms with E-state index < -0.39 is 6.10 Å². The molecule has 1 atom stereocenters. The van der Waals surface area contributed by atoms with Crippen molar-refractivity contribution in [2.75, 3.05) is 6.61 Å². The Labute approximate surface area is 175 Å². The molecule has 4 rings (SSSR count). The summed E-state index contributed by atoms with van der Waals surface area (Å²) in [5.41, 5.74) is 3.98. The van der Waals surface area contributed by atoms with Crippen LogP contribution in [0.4, 0.5) is 0 Å². The minimum absolute atomic E-state index is 0.0995. The van der Waals surface area contributed by atoms with Gasteiger partial charge >= 0.3 is 0 Å². The standard InChI is InChI=1S/C25H22N2O3/c1-16(2)23-22(8-7-20-21(28)11-14-29-25(20)23)30-24(19-9-12-27-13-10-19)18-5-3-17(15-26)4-6-18/h3-10,12-13,16,24H,11,14H2,1-2H3/t24-/m1/s1. The molecule has 0 fully saturated rings. The predicted molar refractivity (Wildman–Crippen MR) is 113 cm³/mol. The molecule has 0 saturated heterocycles. The van der Waals surface area contributed by atoms with Gasteiger partial charge in [0.05, 0.1) is 23.8 Å². The van der Waals surface area contributed by atoms with Crippen molar-refractivity contribution >= 4 is 5.78 Å². The van der Waals surface area contributed by atoms with Crippen LogP contribution in [0.25, 0.3) is 0 Å². The Morgan fingerprint density at radius 2 is 1.73 bits per heavy atom. The fourth-order valence-electron chi connectivity index (χ4n) is 3.71. The molecule has 2 heterocycles. The van der Waals surface area contributed by atoms with Crippen LogP contribution in [0.2, 0.25) is 0 Å². The maximum atomic E-state index is 12.3. The van der Waals surface area contributed by atoms with Crippen LogP contribution in [0, 0.1) is 11.3 Å². The summed E-state index contributed by atoms with van der Waals surface area (Å²) in [7, 11) is 0. The van der Waals surface area contributed by atoms with Gasteiger partial charge in [-0.3, -0.25) is 9.78 Å². The number of hydrogen-bond acceptors (Lipinski definition) is 5. The Bertz CT molecular complexity index is 1100. The molecule has 1 aromatic heterocycles. The molecular weight excluding hydrogens is 376 g/mol. The number of benzene rings is 2. The van der Waals surface area contributed by atoms with Crippen molar-refractivity contribution in [3.05, 3.63) is 88.7 Å². The van der Waals surface area contributed by atoms with Crippen LogP contribution < -0.4 is 9.47 Å². The summed E-state index contributed by atoms with van der Waals surface area (Å²) in [6, 6.07) is 17.0. The van der Waals surface area contributed by atoms with E-state index in [1.165, 1.54) is 0 Å². The monoisotopic (exact) mass is 398 g/mol. The molecule has 150 valence electrons. The van der Waals surface area contributed by atoms with E-state index in [2.05, 4.69) is 24.9 Å². The van der Waals surface area contributed by atoms with Crippen LogP contribution >= 0.6 is 0 Å². The Balaban J connectivity index is 1.80. The number of hydrogen-bond donors (Lipinski definition) is 0. The molecule has 5 nitrogen and oxygen atoms in total. The van der Waals surface area contributed by atoms with Crippen LogP contribution in [-0.4, -0.2) is 17.4 Å². The molecule has 0 unspecified atom stereocenters. The first kappa shape index (κ1) is 19.7. The van der Waals surface area contributed by atoms with Gasteiger partial charge in [0.15, 0.2) is 5.78 Å². The molecule has 0 amide bonds. The number of ether oxygens (including phenoxy) is 2. The Kier molecular flexibility index (Phi) is 5.49. The second-order valence-corrected chi connectivity index (χ2v) is 7.54. The zero-order valence-corrected chi connectivity index (χ0v) is 17.0. The molecule has 2 aromatic carbocycles. The van der Waals surface area contributed by atoms with E-state index in [1.54, 1.807) is 30.6 Å². The normalized spacial score (nSPS) is 13.9. The molecule has 1 aliphatic rings. The Morgan fingerprint density at radius 3 is 2.40 bits per heavy atom. The van der Waals surface area contributed by atoms with E-state index in [-0.39, 0.29) is 11.7 Å². The highest BCUT2D eigenvalue weighted by Crippen LogP contribution is 2.42. The summed E-state index contributed by atoms with van der Waals surface area (Å²) in [6.45, 7) is 4.51. The summed E-state index contributed by atoms with van der Waals surface area (Å²) < 4.78 is 12.5. The van der Waals surface area contributed by atoms with Crippen molar-refractivity contribution < 1.29 is 14.3 Å². The second kappa shape index (κ2) is 8.38. The average Bonchev–Trinajstić information content (AvgIpc) is 2.78. The van der Waals surface area contributed by atoms with E-state index in [9.17, 15) is 4.79 Å². The number of nitriles is 1. The van der Waals surface area contributed by atoms with E-state index >= 15 is 0 Å². The maximum Gasteiger partial charge on any atom is 0.170 e. The lowest BCUT2D eigenvalue weighted by Gasteiger charge is -2.27. The van der Waals surface area contributed by atoms with E-state index in [1.807, 2.05) is 30.3 Å². The number of fused-ring (bicyclic) bond motifs is 1. The molecule has 5 heteroatoms. The molecule has 0 bridgehead atoms. The van der Waals surface area contributed by atoms with Crippen LogP contribution in [0.1, 0.15) is 64.9 Å². The first-order chi connectivity index (χ1) is 14.6. The van der Waals surface area contributed by atoms with Gasteiger partial charge in [-0.15, -0.1) is 0 Å². The summed E-state index contributed by atoms with van der Waals surface area (Å²) >= 11 is 0.